The number of halogens is 1. The first-order valence-electron chi connectivity index (χ1n) is 3.25. The zero-order valence-corrected chi connectivity index (χ0v) is 7.09. The quantitative estimate of drug-likeness (QED) is 0.600. The minimum absolute atomic E-state index is 0.190. The van der Waals surface area contributed by atoms with Gasteiger partial charge in [0.1, 0.15) is 6.10 Å². The second kappa shape index (κ2) is 3.34. The van der Waals surface area contributed by atoms with Crippen LogP contribution in [0, 0.1) is 0 Å². The van der Waals surface area contributed by atoms with Crippen LogP contribution < -0.4 is 0 Å². The summed E-state index contributed by atoms with van der Waals surface area (Å²) in [6, 6.07) is 0. The van der Waals surface area contributed by atoms with Crippen LogP contribution in [0.1, 0.15) is 6.92 Å². The lowest BCUT2D eigenvalue weighted by molar-refractivity contribution is -0.152. The lowest BCUT2D eigenvalue weighted by atomic mass is 10.2. The molecular formula is C7H9ClO3. The molecule has 11 heavy (non-hydrogen) atoms. The van der Waals surface area contributed by atoms with Gasteiger partial charge in [-0.05, 0) is 13.0 Å². The van der Waals surface area contributed by atoms with Crippen molar-refractivity contribution in [2.24, 2.45) is 0 Å². The predicted octanol–water partition coefficient (Wildman–Crippen LogP) is 1.07. The first-order valence-corrected chi connectivity index (χ1v) is 3.62. The molecule has 0 aliphatic carbocycles. The van der Waals surface area contributed by atoms with Crippen molar-refractivity contribution >= 4 is 17.4 Å². The standard InChI is InChI=1S/C7H9ClO3/c1-4-7(9)5(8)3-6(10-2)11-4/h3-4,6H,1-2H3/t4-,6+/m1/s1. The van der Waals surface area contributed by atoms with E-state index in [1.54, 1.807) is 6.92 Å². The van der Waals surface area contributed by atoms with Gasteiger partial charge < -0.3 is 9.47 Å². The van der Waals surface area contributed by atoms with Gasteiger partial charge in [-0.2, -0.15) is 0 Å². The summed E-state index contributed by atoms with van der Waals surface area (Å²) in [4.78, 5) is 11.0. The normalized spacial score (nSPS) is 31.9. The molecule has 2 atom stereocenters. The van der Waals surface area contributed by atoms with E-state index in [1.807, 2.05) is 0 Å². The topological polar surface area (TPSA) is 35.5 Å². The molecule has 0 saturated carbocycles. The Morgan fingerprint density at radius 1 is 1.73 bits per heavy atom. The second-order valence-electron chi connectivity index (χ2n) is 2.26. The van der Waals surface area contributed by atoms with Gasteiger partial charge in [0.25, 0.3) is 0 Å². The molecule has 62 valence electrons. The Hall–Kier alpha value is -0.380. The Morgan fingerprint density at radius 3 is 2.82 bits per heavy atom. The number of ketones is 1. The maximum Gasteiger partial charge on any atom is 0.202 e. The molecule has 1 aliphatic heterocycles. The minimum Gasteiger partial charge on any atom is -0.352 e. The molecule has 0 spiro atoms. The average molecular weight is 177 g/mol. The molecule has 0 bridgehead atoms. The Kier molecular flexibility index (Phi) is 2.65. The highest BCUT2D eigenvalue weighted by Gasteiger charge is 2.26. The summed E-state index contributed by atoms with van der Waals surface area (Å²) in [6.45, 7) is 1.64. The third kappa shape index (κ3) is 1.80. The van der Waals surface area contributed by atoms with Crippen molar-refractivity contribution in [2.75, 3.05) is 7.11 Å². The summed E-state index contributed by atoms with van der Waals surface area (Å²) >= 11 is 5.59. The van der Waals surface area contributed by atoms with Crippen molar-refractivity contribution < 1.29 is 14.3 Å². The Morgan fingerprint density at radius 2 is 2.36 bits per heavy atom. The summed E-state index contributed by atoms with van der Waals surface area (Å²) in [6.07, 6.45) is 0.455. The summed E-state index contributed by atoms with van der Waals surface area (Å²) in [5, 5.41) is 0.190. The van der Waals surface area contributed by atoms with E-state index in [4.69, 9.17) is 21.1 Å². The molecule has 1 rings (SSSR count). The summed E-state index contributed by atoms with van der Waals surface area (Å²) in [5.41, 5.74) is 0. The SMILES string of the molecule is CO[C@@H]1C=C(Cl)C(=O)[C@@H](C)O1. The van der Waals surface area contributed by atoms with Crippen molar-refractivity contribution in [3.63, 3.8) is 0 Å². The van der Waals surface area contributed by atoms with Crippen molar-refractivity contribution in [1.82, 2.24) is 0 Å². The third-order valence-corrected chi connectivity index (χ3v) is 1.77. The van der Waals surface area contributed by atoms with E-state index in [9.17, 15) is 4.79 Å². The number of rotatable bonds is 1. The number of hydrogen-bond acceptors (Lipinski definition) is 3. The van der Waals surface area contributed by atoms with Crippen molar-refractivity contribution in [1.29, 1.82) is 0 Å². The lowest BCUT2D eigenvalue weighted by Crippen LogP contribution is -2.32. The molecular weight excluding hydrogens is 168 g/mol. The molecule has 3 nitrogen and oxygen atoms in total. The van der Waals surface area contributed by atoms with Gasteiger partial charge in [0.2, 0.25) is 5.78 Å². The van der Waals surface area contributed by atoms with Crippen molar-refractivity contribution in [2.45, 2.75) is 19.3 Å². The van der Waals surface area contributed by atoms with Gasteiger partial charge >= 0.3 is 0 Å². The summed E-state index contributed by atoms with van der Waals surface area (Å²) in [7, 11) is 1.49. The molecule has 0 aromatic heterocycles. The molecule has 0 fully saturated rings. The largest absolute Gasteiger partial charge is 0.352 e. The van der Waals surface area contributed by atoms with Crippen LogP contribution in [-0.2, 0) is 14.3 Å². The van der Waals surface area contributed by atoms with E-state index in [-0.39, 0.29) is 10.8 Å². The van der Waals surface area contributed by atoms with E-state index in [1.165, 1.54) is 13.2 Å². The molecule has 0 aromatic rings. The number of Topliss-reactive ketones (excluding diaryl/α,β-unsaturated/α-hetero) is 1. The van der Waals surface area contributed by atoms with Gasteiger partial charge in [0, 0.05) is 7.11 Å². The maximum absolute atomic E-state index is 11.0. The highest BCUT2D eigenvalue weighted by atomic mass is 35.5. The minimum atomic E-state index is -0.502. The highest BCUT2D eigenvalue weighted by Crippen LogP contribution is 2.18. The Labute approximate surface area is 69.9 Å². The zero-order valence-electron chi connectivity index (χ0n) is 6.33. The number of methoxy groups -OCH3 is 1. The third-order valence-electron chi connectivity index (χ3n) is 1.46. The van der Waals surface area contributed by atoms with Gasteiger partial charge in [0.15, 0.2) is 6.29 Å². The van der Waals surface area contributed by atoms with Gasteiger partial charge in [-0.25, -0.2) is 0 Å². The predicted molar refractivity (Wildman–Crippen MR) is 40.3 cm³/mol. The zero-order chi connectivity index (χ0) is 8.43. The van der Waals surface area contributed by atoms with Crippen molar-refractivity contribution in [3.8, 4) is 0 Å². The summed E-state index contributed by atoms with van der Waals surface area (Å²) in [5.74, 6) is -0.194. The van der Waals surface area contributed by atoms with E-state index in [0.717, 1.165) is 0 Å². The monoisotopic (exact) mass is 176 g/mol. The van der Waals surface area contributed by atoms with Crippen LogP contribution >= 0.6 is 11.6 Å². The molecule has 0 aromatic carbocycles. The van der Waals surface area contributed by atoms with E-state index in [0.29, 0.717) is 0 Å². The van der Waals surface area contributed by atoms with E-state index < -0.39 is 12.4 Å². The molecule has 4 heteroatoms. The van der Waals surface area contributed by atoms with Gasteiger partial charge in [0.05, 0.1) is 5.03 Å². The number of ether oxygens (including phenoxy) is 2. The number of carbonyl (C=O) groups excluding carboxylic acids is 1. The summed E-state index contributed by atoms with van der Waals surface area (Å²) < 4.78 is 9.93. The van der Waals surface area contributed by atoms with Crippen LogP contribution in [0.4, 0.5) is 0 Å². The fourth-order valence-corrected chi connectivity index (χ4v) is 1.08. The molecule has 0 amide bonds. The molecule has 0 saturated heterocycles. The fourth-order valence-electron chi connectivity index (χ4n) is 0.822. The molecule has 0 radical (unpaired) electrons. The Bertz CT molecular complexity index is 200. The van der Waals surface area contributed by atoms with Crippen LogP contribution in [-0.4, -0.2) is 25.3 Å². The van der Waals surface area contributed by atoms with Crippen LogP contribution in [0.25, 0.3) is 0 Å². The first-order chi connectivity index (χ1) is 5.15. The number of carbonyl (C=O) groups is 1. The van der Waals surface area contributed by atoms with E-state index >= 15 is 0 Å². The molecule has 0 unspecified atom stereocenters. The van der Waals surface area contributed by atoms with E-state index in [2.05, 4.69) is 0 Å². The fraction of sp³-hybridized carbons (Fsp3) is 0.571. The van der Waals surface area contributed by atoms with Crippen molar-refractivity contribution in [3.05, 3.63) is 11.1 Å². The van der Waals surface area contributed by atoms with Gasteiger partial charge in [-0.3, -0.25) is 4.79 Å². The maximum atomic E-state index is 11.0. The second-order valence-corrected chi connectivity index (χ2v) is 2.67. The lowest BCUT2D eigenvalue weighted by Gasteiger charge is -2.22. The smallest absolute Gasteiger partial charge is 0.202 e. The average Bonchev–Trinajstić information content (AvgIpc) is 1.99. The van der Waals surface area contributed by atoms with Gasteiger partial charge in [-0.1, -0.05) is 11.6 Å². The van der Waals surface area contributed by atoms with Crippen LogP contribution in [0.2, 0.25) is 0 Å². The van der Waals surface area contributed by atoms with Gasteiger partial charge in [-0.15, -0.1) is 0 Å². The first kappa shape index (κ1) is 8.71. The van der Waals surface area contributed by atoms with Crippen LogP contribution in [0.3, 0.4) is 0 Å². The molecule has 1 aliphatic rings. The highest BCUT2D eigenvalue weighted by molar-refractivity contribution is 6.43. The van der Waals surface area contributed by atoms with Crippen LogP contribution in [0.15, 0.2) is 11.1 Å². The molecule has 0 N–H and O–H groups in total. The Balaban J connectivity index is 2.76. The van der Waals surface area contributed by atoms with Crippen LogP contribution in [0.5, 0.6) is 0 Å². The number of hydrogen-bond donors (Lipinski definition) is 0. The molecule has 1 heterocycles.